The fraction of sp³-hybridized carbons (Fsp3) is 0.304. The second-order valence-corrected chi connectivity index (χ2v) is 7.42. The quantitative estimate of drug-likeness (QED) is 0.704. The van der Waals surface area contributed by atoms with Crippen LogP contribution < -0.4 is 5.32 Å². The lowest BCUT2D eigenvalue weighted by Gasteiger charge is -2.26. The maximum Gasteiger partial charge on any atom is 0.255 e. The summed E-state index contributed by atoms with van der Waals surface area (Å²) in [6.45, 7) is 4.06. The van der Waals surface area contributed by atoms with Crippen LogP contribution in [0.25, 0.3) is 0 Å². The Morgan fingerprint density at radius 2 is 1.79 bits per heavy atom. The Balaban J connectivity index is 1.36. The molecule has 5 nitrogen and oxygen atoms in total. The molecule has 144 valence electrons. The predicted molar refractivity (Wildman–Crippen MR) is 111 cm³/mol. The van der Waals surface area contributed by atoms with Gasteiger partial charge in [-0.3, -0.25) is 9.69 Å². The number of carbonyl (C=O) groups is 1. The van der Waals surface area contributed by atoms with Gasteiger partial charge < -0.3 is 9.88 Å². The van der Waals surface area contributed by atoms with E-state index in [1.54, 1.807) is 12.5 Å². The molecule has 3 aromatic rings. The third-order valence-electron chi connectivity index (χ3n) is 5.18. The SMILES string of the molecule is O=C(Nc1cccc(Cn2ccnc2)c1)c1ccc(CN2CCCCC2)cc1. The van der Waals surface area contributed by atoms with Crippen LogP contribution in [-0.4, -0.2) is 33.4 Å². The summed E-state index contributed by atoms with van der Waals surface area (Å²) in [6, 6.07) is 15.9. The third kappa shape index (κ3) is 4.87. The Hall–Kier alpha value is -2.92. The lowest BCUT2D eigenvalue weighted by atomic mass is 10.1. The lowest BCUT2D eigenvalue weighted by molar-refractivity contribution is 0.102. The predicted octanol–water partition coefficient (Wildman–Crippen LogP) is 4.17. The average Bonchev–Trinajstić information content (AvgIpc) is 3.23. The number of anilines is 1. The van der Waals surface area contributed by atoms with Crippen molar-refractivity contribution in [1.29, 1.82) is 0 Å². The topological polar surface area (TPSA) is 50.2 Å². The van der Waals surface area contributed by atoms with Crippen molar-refractivity contribution in [1.82, 2.24) is 14.5 Å². The number of amides is 1. The molecule has 1 aliphatic heterocycles. The van der Waals surface area contributed by atoms with E-state index in [1.165, 1.54) is 37.9 Å². The standard InChI is InChI=1S/C23H26N4O/c28-23(21-9-7-19(8-10-21)16-26-12-2-1-3-13-26)25-22-6-4-5-20(15-22)17-27-14-11-24-18-27/h4-11,14-15,18H,1-3,12-13,16-17H2,(H,25,28). The summed E-state index contributed by atoms with van der Waals surface area (Å²) in [5, 5.41) is 3.00. The van der Waals surface area contributed by atoms with Gasteiger partial charge in [0.15, 0.2) is 0 Å². The second kappa shape index (κ2) is 8.85. The van der Waals surface area contributed by atoms with Crippen LogP contribution >= 0.6 is 0 Å². The number of aromatic nitrogens is 2. The molecular formula is C23H26N4O. The van der Waals surface area contributed by atoms with E-state index < -0.39 is 0 Å². The van der Waals surface area contributed by atoms with E-state index >= 15 is 0 Å². The van der Waals surface area contributed by atoms with Gasteiger partial charge in [0.1, 0.15) is 0 Å². The number of imidazole rings is 1. The number of nitrogens with zero attached hydrogens (tertiary/aromatic N) is 3. The zero-order valence-corrected chi connectivity index (χ0v) is 16.1. The first-order chi connectivity index (χ1) is 13.8. The van der Waals surface area contributed by atoms with Gasteiger partial charge in [0.25, 0.3) is 5.91 Å². The van der Waals surface area contributed by atoms with Crippen LogP contribution in [0.15, 0.2) is 67.3 Å². The molecular weight excluding hydrogens is 348 g/mol. The molecule has 0 saturated carbocycles. The summed E-state index contributed by atoms with van der Waals surface area (Å²) in [6.07, 6.45) is 9.41. The molecule has 28 heavy (non-hydrogen) atoms. The van der Waals surface area contributed by atoms with Crippen molar-refractivity contribution in [2.75, 3.05) is 18.4 Å². The summed E-state index contributed by atoms with van der Waals surface area (Å²) in [7, 11) is 0. The fourth-order valence-electron chi connectivity index (χ4n) is 3.68. The highest BCUT2D eigenvalue weighted by Crippen LogP contribution is 2.16. The molecule has 0 bridgehead atoms. The van der Waals surface area contributed by atoms with E-state index in [-0.39, 0.29) is 5.91 Å². The van der Waals surface area contributed by atoms with Crippen LogP contribution in [0.1, 0.15) is 40.7 Å². The largest absolute Gasteiger partial charge is 0.333 e. The maximum absolute atomic E-state index is 12.6. The van der Waals surface area contributed by atoms with Gasteiger partial charge >= 0.3 is 0 Å². The molecule has 4 rings (SSSR count). The maximum atomic E-state index is 12.6. The molecule has 1 aliphatic rings. The number of carbonyl (C=O) groups excluding carboxylic acids is 1. The Morgan fingerprint density at radius 3 is 2.54 bits per heavy atom. The smallest absolute Gasteiger partial charge is 0.255 e. The van der Waals surface area contributed by atoms with Crippen molar-refractivity contribution in [2.24, 2.45) is 0 Å². The van der Waals surface area contributed by atoms with Crippen LogP contribution in [0.4, 0.5) is 5.69 Å². The van der Waals surface area contributed by atoms with E-state index in [1.807, 2.05) is 47.2 Å². The third-order valence-corrected chi connectivity index (χ3v) is 5.18. The molecule has 0 aliphatic carbocycles. The highest BCUT2D eigenvalue weighted by atomic mass is 16.1. The minimum atomic E-state index is -0.0793. The lowest BCUT2D eigenvalue weighted by Crippen LogP contribution is -2.29. The minimum absolute atomic E-state index is 0.0793. The highest BCUT2D eigenvalue weighted by Gasteiger charge is 2.11. The molecule has 5 heteroatoms. The van der Waals surface area contributed by atoms with Gasteiger partial charge in [-0.1, -0.05) is 30.7 Å². The number of benzene rings is 2. The first kappa shape index (κ1) is 18.4. The zero-order valence-electron chi connectivity index (χ0n) is 16.1. The Bertz CT molecular complexity index is 897. The van der Waals surface area contributed by atoms with E-state index in [4.69, 9.17) is 0 Å². The van der Waals surface area contributed by atoms with Gasteiger partial charge in [0.2, 0.25) is 0 Å². The van der Waals surface area contributed by atoms with Crippen molar-refractivity contribution in [2.45, 2.75) is 32.4 Å². The van der Waals surface area contributed by atoms with E-state index in [0.29, 0.717) is 5.56 Å². The van der Waals surface area contributed by atoms with Crippen molar-refractivity contribution < 1.29 is 4.79 Å². The fourth-order valence-corrected chi connectivity index (χ4v) is 3.68. The first-order valence-corrected chi connectivity index (χ1v) is 9.94. The van der Waals surface area contributed by atoms with E-state index in [9.17, 15) is 4.79 Å². The molecule has 2 heterocycles. The number of likely N-dealkylation sites (tertiary alicyclic amines) is 1. The molecule has 1 saturated heterocycles. The molecule has 0 spiro atoms. The van der Waals surface area contributed by atoms with Crippen molar-refractivity contribution in [3.8, 4) is 0 Å². The van der Waals surface area contributed by atoms with Gasteiger partial charge in [0, 0.05) is 36.7 Å². The first-order valence-electron chi connectivity index (χ1n) is 9.94. The molecule has 0 unspecified atom stereocenters. The highest BCUT2D eigenvalue weighted by molar-refractivity contribution is 6.04. The van der Waals surface area contributed by atoms with E-state index in [2.05, 4.69) is 27.3 Å². The monoisotopic (exact) mass is 374 g/mol. The summed E-state index contributed by atoms with van der Waals surface area (Å²) in [4.78, 5) is 19.2. The van der Waals surface area contributed by atoms with Crippen molar-refractivity contribution >= 4 is 11.6 Å². The van der Waals surface area contributed by atoms with Crippen LogP contribution in [0, 0.1) is 0 Å². The molecule has 2 aromatic carbocycles. The van der Waals surface area contributed by atoms with Crippen molar-refractivity contribution in [3.05, 3.63) is 83.9 Å². The zero-order chi connectivity index (χ0) is 19.2. The number of hydrogen-bond acceptors (Lipinski definition) is 3. The van der Waals surface area contributed by atoms with Crippen LogP contribution in [0.2, 0.25) is 0 Å². The summed E-state index contributed by atoms with van der Waals surface area (Å²) in [5.74, 6) is -0.0793. The van der Waals surface area contributed by atoms with Gasteiger partial charge in [-0.15, -0.1) is 0 Å². The molecule has 0 atom stereocenters. The Morgan fingerprint density at radius 1 is 0.964 bits per heavy atom. The van der Waals surface area contributed by atoms with Gasteiger partial charge in [-0.05, 0) is 61.3 Å². The van der Waals surface area contributed by atoms with Gasteiger partial charge in [0.05, 0.1) is 6.33 Å². The summed E-state index contributed by atoms with van der Waals surface area (Å²) >= 11 is 0. The van der Waals surface area contributed by atoms with Crippen LogP contribution in [0.5, 0.6) is 0 Å². The summed E-state index contributed by atoms with van der Waals surface area (Å²) < 4.78 is 2.00. The second-order valence-electron chi connectivity index (χ2n) is 7.42. The van der Waals surface area contributed by atoms with Crippen LogP contribution in [0.3, 0.4) is 0 Å². The molecule has 1 fully saturated rings. The summed E-state index contributed by atoms with van der Waals surface area (Å²) in [5.41, 5.74) is 3.87. The Labute approximate surface area is 166 Å². The molecule has 1 amide bonds. The van der Waals surface area contributed by atoms with Crippen LogP contribution in [-0.2, 0) is 13.1 Å². The Kier molecular flexibility index (Phi) is 5.83. The minimum Gasteiger partial charge on any atom is -0.333 e. The number of hydrogen-bond donors (Lipinski definition) is 1. The van der Waals surface area contributed by atoms with Gasteiger partial charge in [-0.25, -0.2) is 4.98 Å². The van der Waals surface area contributed by atoms with E-state index in [0.717, 1.165) is 24.3 Å². The average molecular weight is 374 g/mol. The number of piperidine rings is 1. The number of nitrogens with one attached hydrogen (secondary N) is 1. The van der Waals surface area contributed by atoms with Gasteiger partial charge in [-0.2, -0.15) is 0 Å². The molecule has 1 N–H and O–H groups in total. The molecule has 0 radical (unpaired) electrons. The molecule has 1 aromatic heterocycles. The van der Waals surface area contributed by atoms with Crippen molar-refractivity contribution in [3.63, 3.8) is 0 Å². The normalized spacial score (nSPS) is 14.7. The number of rotatable bonds is 6.